The van der Waals surface area contributed by atoms with Crippen LogP contribution < -0.4 is 0 Å². The van der Waals surface area contributed by atoms with E-state index in [-0.39, 0.29) is 0 Å². The van der Waals surface area contributed by atoms with E-state index < -0.39 is 0 Å². The number of hydrogen-bond acceptors (Lipinski definition) is 2. The third kappa shape index (κ3) is 2.09. The minimum atomic E-state index is 1.07. The molecule has 2 heterocycles. The van der Waals surface area contributed by atoms with Crippen molar-refractivity contribution in [2.24, 2.45) is 0 Å². The van der Waals surface area contributed by atoms with Gasteiger partial charge in [-0.15, -0.1) is 11.3 Å². The largest absolute Gasteiger partial charge is 0.290 e. The van der Waals surface area contributed by atoms with Gasteiger partial charge in [0, 0.05) is 11.6 Å². The van der Waals surface area contributed by atoms with Crippen molar-refractivity contribution in [3.8, 4) is 0 Å². The van der Waals surface area contributed by atoms with Gasteiger partial charge < -0.3 is 0 Å². The summed E-state index contributed by atoms with van der Waals surface area (Å²) in [6.45, 7) is 4.36. The van der Waals surface area contributed by atoms with Gasteiger partial charge in [0.2, 0.25) is 0 Å². The summed E-state index contributed by atoms with van der Waals surface area (Å²) in [4.78, 5) is 5.52. The Morgan fingerprint density at radius 3 is 2.69 bits per heavy atom. The van der Waals surface area contributed by atoms with Crippen molar-refractivity contribution in [2.75, 3.05) is 0 Å². The molecule has 2 aromatic heterocycles. The summed E-state index contributed by atoms with van der Waals surface area (Å²) in [5.74, 6) is 0. The number of benzene rings is 1. The number of rotatable bonds is 1. The van der Waals surface area contributed by atoms with Crippen LogP contribution in [0.4, 0.5) is 0 Å². The molecule has 84 valence electrons. The number of nitrogens with zero attached hydrogens (tertiary/aromatic N) is 2. The van der Waals surface area contributed by atoms with Crippen LogP contribution in [-0.4, -0.2) is 9.38 Å². The van der Waals surface area contributed by atoms with E-state index in [1.54, 1.807) is 11.3 Å². The van der Waals surface area contributed by atoms with Crippen LogP contribution in [-0.2, 0) is 0 Å². The highest BCUT2D eigenvalue weighted by atomic mass is 32.1. The van der Waals surface area contributed by atoms with Gasteiger partial charge in [0.15, 0.2) is 4.96 Å². The molecule has 1 aromatic carbocycles. The maximum absolute atomic E-state index is 4.46. The average molecular weight is 232 g/mol. The zero-order valence-electron chi connectivity index (χ0n) is 9.68. The normalized spacial score (nSPS) is 10.4. The monoisotopic (exact) mass is 232 g/mol. The molecule has 0 N–H and O–H groups in total. The highest BCUT2D eigenvalue weighted by Gasteiger charge is 2.02. The van der Waals surface area contributed by atoms with Crippen LogP contribution in [0.25, 0.3) is 16.0 Å². The molecule has 0 unspecified atom stereocenters. The molecule has 0 aliphatic carbocycles. The number of hydrogen-bond donors (Lipinski definition) is 0. The number of aromatic nitrogens is 2. The van der Waals surface area contributed by atoms with Gasteiger partial charge in [0.05, 0.1) is 11.0 Å². The lowest BCUT2D eigenvalue weighted by Gasteiger charge is -1.86. The summed E-state index contributed by atoms with van der Waals surface area (Å²) in [6, 6.07) is 8.17. The van der Waals surface area contributed by atoms with Gasteiger partial charge in [-0.3, -0.25) is 4.40 Å². The Morgan fingerprint density at radius 1 is 1.19 bits per heavy atom. The van der Waals surface area contributed by atoms with Gasteiger partial charge in [0.25, 0.3) is 0 Å². The first-order valence-electron chi connectivity index (χ1n) is 5.67. The van der Waals surface area contributed by atoms with Gasteiger partial charge in [0.1, 0.15) is 0 Å². The maximum atomic E-state index is 4.46. The van der Waals surface area contributed by atoms with E-state index in [1.165, 1.54) is 18.4 Å². The van der Waals surface area contributed by atoms with Crippen molar-refractivity contribution < 1.29 is 0 Å². The van der Waals surface area contributed by atoms with Crippen molar-refractivity contribution in [3.63, 3.8) is 0 Å². The van der Waals surface area contributed by atoms with Crippen molar-refractivity contribution in [1.29, 1.82) is 0 Å². The van der Waals surface area contributed by atoms with E-state index >= 15 is 0 Å². The Morgan fingerprint density at radius 2 is 1.94 bits per heavy atom. The first kappa shape index (κ1) is 11.1. The van der Waals surface area contributed by atoms with Crippen LogP contribution >= 0.6 is 11.3 Å². The third-order valence-corrected chi connectivity index (χ3v) is 3.20. The molecule has 0 fully saturated rings. The summed E-state index contributed by atoms with van der Waals surface area (Å²) in [5, 5.41) is 2.05. The van der Waals surface area contributed by atoms with Gasteiger partial charge in [-0.2, -0.15) is 0 Å². The second-order valence-electron chi connectivity index (χ2n) is 3.66. The van der Waals surface area contributed by atoms with E-state index in [2.05, 4.69) is 40.9 Å². The Kier molecular flexibility index (Phi) is 3.57. The van der Waals surface area contributed by atoms with Crippen LogP contribution in [0.3, 0.4) is 0 Å². The highest BCUT2D eigenvalue weighted by Crippen LogP contribution is 2.19. The number of imidazole rings is 1. The Labute approximate surface area is 99.6 Å². The molecule has 0 amide bonds. The zero-order chi connectivity index (χ0) is 11.4. The Bertz CT molecular complexity index is 562. The second-order valence-corrected chi connectivity index (χ2v) is 4.53. The van der Waals surface area contributed by atoms with Crippen LogP contribution in [0.1, 0.15) is 26.7 Å². The van der Waals surface area contributed by atoms with E-state index in [4.69, 9.17) is 0 Å². The van der Waals surface area contributed by atoms with E-state index in [0.29, 0.717) is 0 Å². The first-order valence-corrected chi connectivity index (χ1v) is 6.55. The minimum Gasteiger partial charge on any atom is -0.290 e. The zero-order valence-corrected chi connectivity index (χ0v) is 10.5. The molecular formula is C13H16N2S. The van der Waals surface area contributed by atoms with Gasteiger partial charge in [-0.25, -0.2) is 4.98 Å². The van der Waals surface area contributed by atoms with Crippen LogP contribution in [0.2, 0.25) is 0 Å². The van der Waals surface area contributed by atoms with Gasteiger partial charge >= 0.3 is 0 Å². The van der Waals surface area contributed by atoms with Crippen LogP contribution in [0.5, 0.6) is 0 Å². The first-order chi connectivity index (χ1) is 7.86. The fourth-order valence-corrected chi connectivity index (χ4v) is 2.13. The van der Waals surface area contributed by atoms with Crippen molar-refractivity contribution >= 4 is 27.3 Å². The molecule has 16 heavy (non-hydrogen) atoms. The molecule has 0 atom stereocenters. The Hall–Kier alpha value is -1.35. The van der Waals surface area contributed by atoms with Crippen LogP contribution in [0.15, 0.2) is 35.8 Å². The highest BCUT2D eigenvalue weighted by molar-refractivity contribution is 7.15. The van der Waals surface area contributed by atoms with Crippen LogP contribution in [0, 0.1) is 0 Å². The fourth-order valence-electron chi connectivity index (χ4n) is 1.40. The average Bonchev–Trinajstić information content (AvgIpc) is 2.89. The van der Waals surface area contributed by atoms with Crippen molar-refractivity contribution in [3.05, 3.63) is 35.8 Å². The maximum Gasteiger partial charge on any atom is 0.194 e. The predicted molar refractivity (Wildman–Crippen MR) is 71.2 cm³/mol. The number of thiazole rings is 1. The van der Waals surface area contributed by atoms with Gasteiger partial charge in [-0.05, 0) is 12.1 Å². The predicted octanol–water partition coefficient (Wildman–Crippen LogP) is 4.36. The topological polar surface area (TPSA) is 17.3 Å². The summed E-state index contributed by atoms with van der Waals surface area (Å²) in [5.41, 5.74) is 2.26. The molecule has 0 radical (unpaired) electrons. The molecule has 0 saturated carbocycles. The molecule has 3 aromatic rings. The fraction of sp³-hybridized carbons (Fsp3) is 0.308. The molecule has 0 aliphatic rings. The standard InChI is InChI=1S/C9H6N2S.C4H10/c1-2-4-8-7(3-1)10-9-11(8)5-6-12-9;1-3-4-2/h1-6H;3-4H2,1-2H3. The molecule has 0 bridgehead atoms. The van der Waals surface area contributed by atoms with E-state index in [1.807, 2.05) is 18.2 Å². The molecular weight excluding hydrogens is 216 g/mol. The third-order valence-electron chi connectivity index (χ3n) is 2.45. The van der Waals surface area contributed by atoms with E-state index in [9.17, 15) is 0 Å². The quantitative estimate of drug-likeness (QED) is 0.609. The lowest BCUT2D eigenvalue weighted by Crippen LogP contribution is -1.73. The minimum absolute atomic E-state index is 1.07. The lowest BCUT2D eigenvalue weighted by molar-refractivity contribution is 0.886. The number of fused-ring (bicyclic) bond motifs is 3. The smallest absolute Gasteiger partial charge is 0.194 e. The number of para-hydroxylation sites is 2. The molecule has 0 spiro atoms. The number of unbranched alkanes of at least 4 members (excludes halogenated alkanes) is 1. The summed E-state index contributed by atoms with van der Waals surface area (Å²) < 4.78 is 2.11. The molecule has 3 heteroatoms. The van der Waals surface area contributed by atoms with Crippen molar-refractivity contribution in [1.82, 2.24) is 9.38 Å². The summed E-state index contributed by atoms with van der Waals surface area (Å²) >= 11 is 1.66. The molecule has 0 saturated heterocycles. The van der Waals surface area contributed by atoms with Crippen molar-refractivity contribution in [2.45, 2.75) is 26.7 Å². The molecule has 2 nitrogen and oxygen atoms in total. The lowest BCUT2D eigenvalue weighted by atomic mass is 10.3. The van der Waals surface area contributed by atoms with E-state index in [0.717, 1.165) is 10.5 Å². The SMILES string of the molecule is CCCC.c1ccc2c(c1)nc1sccn12. The molecule has 0 aliphatic heterocycles. The Balaban J connectivity index is 0.000000212. The molecule has 3 rings (SSSR count). The van der Waals surface area contributed by atoms with Gasteiger partial charge in [-0.1, -0.05) is 38.8 Å². The summed E-state index contributed by atoms with van der Waals surface area (Å²) in [7, 11) is 0. The second kappa shape index (κ2) is 5.12. The summed E-state index contributed by atoms with van der Waals surface area (Å²) in [6.07, 6.45) is 4.69.